The van der Waals surface area contributed by atoms with Crippen molar-refractivity contribution in [3.8, 4) is 0 Å². The Hall–Kier alpha value is -2.54. The molecule has 124 valence electrons. The number of para-hydroxylation sites is 1. The summed E-state index contributed by atoms with van der Waals surface area (Å²) in [6.07, 6.45) is 2.49. The van der Waals surface area contributed by atoms with Crippen molar-refractivity contribution in [2.45, 2.75) is 24.7 Å². The molecule has 2 heterocycles. The number of rotatable bonds is 2. The van der Waals surface area contributed by atoms with Crippen LogP contribution in [-0.4, -0.2) is 13.1 Å². The van der Waals surface area contributed by atoms with Gasteiger partial charge in [0.1, 0.15) is 0 Å². The van der Waals surface area contributed by atoms with Crippen LogP contribution in [0.2, 0.25) is 0 Å². The van der Waals surface area contributed by atoms with E-state index in [1.54, 1.807) is 0 Å². The first kappa shape index (κ1) is 14.8. The standard InChI is InChI=1S/C24H23N/c1-3-9-18(10-4-1)22-17-25-16-8-14-20-13-7-15-21(24(20)25)23(22)19-11-5-2-6-12-19/h1-7,9-13,15,22-23H,8,14,16-17H2/t22-,23+/m0/s1. The molecule has 0 aromatic heterocycles. The molecule has 0 N–H and O–H groups in total. The molecule has 0 amide bonds. The van der Waals surface area contributed by atoms with Crippen molar-refractivity contribution in [3.05, 3.63) is 101 Å². The lowest BCUT2D eigenvalue weighted by Gasteiger charge is -2.45. The Morgan fingerprint density at radius 1 is 0.720 bits per heavy atom. The summed E-state index contributed by atoms with van der Waals surface area (Å²) in [4.78, 5) is 2.64. The third-order valence-corrected chi connectivity index (χ3v) is 5.88. The molecule has 0 aliphatic carbocycles. The molecule has 3 aromatic carbocycles. The molecule has 5 rings (SSSR count). The van der Waals surface area contributed by atoms with Gasteiger partial charge in [0.2, 0.25) is 0 Å². The van der Waals surface area contributed by atoms with E-state index in [2.05, 4.69) is 83.8 Å². The first-order valence-electron chi connectivity index (χ1n) is 9.38. The summed E-state index contributed by atoms with van der Waals surface area (Å²) in [7, 11) is 0. The molecular formula is C24H23N. The van der Waals surface area contributed by atoms with Crippen LogP contribution in [0.4, 0.5) is 5.69 Å². The summed E-state index contributed by atoms with van der Waals surface area (Å²) >= 11 is 0. The lowest BCUT2D eigenvalue weighted by atomic mass is 9.72. The zero-order chi connectivity index (χ0) is 16.6. The van der Waals surface area contributed by atoms with Gasteiger partial charge in [0.05, 0.1) is 0 Å². The van der Waals surface area contributed by atoms with Crippen LogP contribution >= 0.6 is 0 Å². The first-order chi connectivity index (χ1) is 12.4. The number of benzene rings is 3. The van der Waals surface area contributed by atoms with Crippen LogP contribution in [0.5, 0.6) is 0 Å². The van der Waals surface area contributed by atoms with E-state index in [0.717, 1.165) is 6.54 Å². The molecule has 0 spiro atoms. The third kappa shape index (κ3) is 2.46. The molecule has 0 unspecified atom stereocenters. The lowest BCUT2D eigenvalue weighted by Crippen LogP contribution is -2.40. The topological polar surface area (TPSA) is 3.24 Å². The van der Waals surface area contributed by atoms with Crippen molar-refractivity contribution in [1.82, 2.24) is 0 Å². The molecule has 0 radical (unpaired) electrons. The predicted molar refractivity (Wildman–Crippen MR) is 104 cm³/mol. The fourth-order valence-corrected chi connectivity index (χ4v) is 4.83. The number of aryl methyl sites for hydroxylation is 1. The van der Waals surface area contributed by atoms with Gasteiger partial charge in [-0.3, -0.25) is 0 Å². The van der Waals surface area contributed by atoms with Crippen LogP contribution in [0, 0.1) is 0 Å². The summed E-state index contributed by atoms with van der Waals surface area (Å²) in [5.74, 6) is 0.942. The second-order valence-corrected chi connectivity index (χ2v) is 7.31. The summed E-state index contributed by atoms with van der Waals surface area (Å²) in [5.41, 5.74) is 7.47. The van der Waals surface area contributed by atoms with Crippen molar-refractivity contribution in [2.75, 3.05) is 18.0 Å². The predicted octanol–water partition coefficient (Wildman–Crippen LogP) is 5.37. The Kier molecular flexibility index (Phi) is 3.59. The summed E-state index contributed by atoms with van der Waals surface area (Å²) in [5, 5.41) is 0. The Morgan fingerprint density at radius 2 is 1.44 bits per heavy atom. The molecule has 0 bridgehead atoms. The summed E-state index contributed by atoms with van der Waals surface area (Å²) in [6.45, 7) is 2.31. The second-order valence-electron chi connectivity index (χ2n) is 7.31. The monoisotopic (exact) mass is 325 g/mol. The van der Waals surface area contributed by atoms with Crippen molar-refractivity contribution in [1.29, 1.82) is 0 Å². The highest BCUT2D eigenvalue weighted by atomic mass is 15.1. The first-order valence-corrected chi connectivity index (χ1v) is 9.38. The fraction of sp³-hybridized carbons (Fsp3) is 0.250. The summed E-state index contributed by atoms with van der Waals surface area (Å²) < 4.78 is 0. The highest BCUT2D eigenvalue weighted by Crippen LogP contribution is 2.49. The molecule has 2 aliphatic rings. The van der Waals surface area contributed by atoms with E-state index in [-0.39, 0.29) is 0 Å². The highest BCUT2D eigenvalue weighted by molar-refractivity contribution is 5.67. The van der Waals surface area contributed by atoms with E-state index in [9.17, 15) is 0 Å². The fourth-order valence-electron chi connectivity index (χ4n) is 4.83. The number of hydrogen-bond acceptors (Lipinski definition) is 1. The minimum absolute atomic E-state index is 0.438. The zero-order valence-corrected chi connectivity index (χ0v) is 14.4. The van der Waals surface area contributed by atoms with Crippen molar-refractivity contribution in [3.63, 3.8) is 0 Å². The van der Waals surface area contributed by atoms with Gasteiger partial charge in [0.25, 0.3) is 0 Å². The Labute approximate surface area is 149 Å². The number of anilines is 1. The average molecular weight is 325 g/mol. The van der Waals surface area contributed by atoms with Crippen LogP contribution in [0.25, 0.3) is 0 Å². The summed E-state index contributed by atoms with van der Waals surface area (Å²) in [6, 6.07) is 29.1. The molecular weight excluding hydrogens is 302 g/mol. The molecule has 1 heteroatoms. The molecule has 2 atom stereocenters. The zero-order valence-electron chi connectivity index (χ0n) is 14.4. The maximum atomic E-state index is 2.64. The van der Waals surface area contributed by atoms with Crippen LogP contribution in [0.15, 0.2) is 78.9 Å². The number of nitrogens with zero attached hydrogens (tertiary/aromatic N) is 1. The van der Waals surface area contributed by atoms with Gasteiger partial charge in [-0.1, -0.05) is 78.9 Å². The maximum absolute atomic E-state index is 2.64. The van der Waals surface area contributed by atoms with E-state index < -0.39 is 0 Å². The molecule has 1 nitrogen and oxygen atoms in total. The Balaban J connectivity index is 1.72. The molecule has 0 saturated heterocycles. The normalized spacial score (nSPS) is 21.7. The maximum Gasteiger partial charge on any atom is 0.0438 e. The van der Waals surface area contributed by atoms with Crippen LogP contribution in [0.3, 0.4) is 0 Å². The van der Waals surface area contributed by atoms with E-state index in [1.807, 2.05) is 0 Å². The van der Waals surface area contributed by atoms with E-state index in [0.29, 0.717) is 11.8 Å². The van der Waals surface area contributed by atoms with Crippen molar-refractivity contribution >= 4 is 5.69 Å². The molecule has 25 heavy (non-hydrogen) atoms. The second kappa shape index (κ2) is 6.07. The molecule has 3 aromatic rings. The van der Waals surface area contributed by atoms with E-state index in [1.165, 1.54) is 47.3 Å². The Bertz CT molecular complexity index is 869. The lowest BCUT2D eigenvalue weighted by molar-refractivity contribution is 0.531. The van der Waals surface area contributed by atoms with Gasteiger partial charge in [0.15, 0.2) is 0 Å². The van der Waals surface area contributed by atoms with Gasteiger partial charge in [-0.05, 0) is 35.1 Å². The van der Waals surface area contributed by atoms with Gasteiger partial charge in [-0.15, -0.1) is 0 Å². The minimum Gasteiger partial charge on any atom is -0.370 e. The minimum atomic E-state index is 0.438. The van der Waals surface area contributed by atoms with Gasteiger partial charge >= 0.3 is 0 Å². The van der Waals surface area contributed by atoms with Crippen molar-refractivity contribution in [2.24, 2.45) is 0 Å². The van der Waals surface area contributed by atoms with E-state index >= 15 is 0 Å². The Morgan fingerprint density at radius 3 is 2.20 bits per heavy atom. The average Bonchev–Trinajstić information content (AvgIpc) is 2.69. The quantitative estimate of drug-likeness (QED) is 0.612. The molecule has 0 fully saturated rings. The largest absolute Gasteiger partial charge is 0.370 e. The van der Waals surface area contributed by atoms with Crippen molar-refractivity contribution < 1.29 is 0 Å². The molecule has 2 aliphatic heterocycles. The molecule has 0 saturated carbocycles. The number of hydrogen-bond donors (Lipinski definition) is 0. The van der Waals surface area contributed by atoms with Crippen LogP contribution < -0.4 is 4.90 Å². The SMILES string of the molecule is c1ccc([C@@H]2c3cccc4c3N(CCC4)C[C@H]2c2ccccc2)cc1. The van der Waals surface area contributed by atoms with Gasteiger partial charge in [-0.25, -0.2) is 0 Å². The van der Waals surface area contributed by atoms with Crippen LogP contribution in [0.1, 0.15) is 40.5 Å². The van der Waals surface area contributed by atoms with Gasteiger partial charge in [-0.2, -0.15) is 0 Å². The third-order valence-electron chi connectivity index (χ3n) is 5.88. The van der Waals surface area contributed by atoms with Crippen LogP contribution in [-0.2, 0) is 6.42 Å². The van der Waals surface area contributed by atoms with E-state index in [4.69, 9.17) is 0 Å². The highest BCUT2D eigenvalue weighted by Gasteiger charge is 2.37. The van der Waals surface area contributed by atoms with Gasteiger partial charge in [0, 0.05) is 30.6 Å². The smallest absolute Gasteiger partial charge is 0.0438 e. The van der Waals surface area contributed by atoms with Gasteiger partial charge < -0.3 is 4.90 Å².